The Morgan fingerprint density at radius 3 is 2.33 bits per heavy atom. The number of likely N-dealkylation sites (N-methyl/N-ethyl adjacent to an activating group) is 1. The van der Waals surface area contributed by atoms with E-state index in [2.05, 4.69) is 19.2 Å². The van der Waals surface area contributed by atoms with Gasteiger partial charge < -0.3 is 10.1 Å². The fourth-order valence-electron chi connectivity index (χ4n) is 2.17. The summed E-state index contributed by atoms with van der Waals surface area (Å²) in [5, 5.41) is 3.50. The molecule has 1 atom stereocenters. The molecule has 0 aliphatic heterocycles. The van der Waals surface area contributed by atoms with Crippen molar-refractivity contribution in [3.8, 4) is 0 Å². The molecule has 0 amide bonds. The maximum absolute atomic E-state index is 5.62. The van der Waals surface area contributed by atoms with E-state index in [1.54, 1.807) is 0 Å². The van der Waals surface area contributed by atoms with E-state index in [1.807, 2.05) is 7.11 Å². The van der Waals surface area contributed by atoms with Crippen LogP contribution >= 0.6 is 0 Å². The molecule has 1 aliphatic rings. The first-order chi connectivity index (χ1) is 5.79. The van der Waals surface area contributed by atoms with Crippen molar-refractivity contribution in [2.75, 3.05) is 13.7 Å². The molecule has 0 saturated heterocycles. The first-order valence-corrected chi connectivity index (χ1v) is 5.07. The van der Waals surface area contributed by atoms with Gasteiger partial charge in [-0.25, -0.2) is 0 Å². The first kappa shape index (κ1) is 10.0. The summed E-state index contributed by atoms with van der Waals surface area (Å²) >= 11 is 0. The minimum atomic E-state index is 0.171. The van der Waals surface area contributed by atoms with Gasteiger partial charge in [0, 0.05) is 13.2 Å². The van der Waals surface area contributed by atoms with Crippen LogP contribution in [-0.2, 0) is 4.74 Å². The summed E-state index contributed by atoms with van der Waals surface area (Å²) in [6, 6.07) is 0.557. The monoisotopic (exact) mass is 171 g/mol. The van der Waals surface area contributed by atoms with Crippen molar-refractivity contribution in [1.29, 1.82) is 0 Å². The second-order valence-electron chi connectivity index (χ2n) is 3.64. The van der Waals surface area contributed by atoms with Gasteiger partial charge in [-0.05, 0) is 32.2 Å². The Morgan fingerprint density at radius 1 is 1.42 bits per heavy atom. The Labute approximate surface area is 75.7 Å². The van der Waals surface area contributed by atoms with Crippen LogP contribution in [0.25, 0.3) is 0 Å². The number of hydrogen-bond donors (Lipinski definition) is 1. The lowest BCUT2D eigenvalue weighted by atomic mass is 9.73. The van der Waals surface area contributed by atoms with Gasteiger partial charge in [0.25, 0.3) is 0 Å². The summed E-state index contributed by atoms with van der Waals surface area (Å²) in [6.45, 7) is 5.43. The summed E-state index contributed by atoms with van der Waals surface area (Å²) in [5.41, 5.74) is 0.171. The number of ether oxygens (including phenoxy) is 1. The minimum absolute atomic E-state index is 0.171. The molecule has 1 rings (SSSR count). The van der Waals surface area contributed by atoms with E-state index in [9.17, 15) is 0 Å². The fourth-order valence-corrected chi connectivity index (χ4v) is 2.17. The normalized spacial score (nSPS) is 23.2. The van der Waals surface area contributed by atoms with Gasteiger partial charge in [-0.3, -0.25) is 0 Å². The van der Waals surface area contributed by atoms with Crippen molar-refractivity contribution in [3.63, 3.8) is 0 Å². The van der Waals surface area contributed by atoms with Gasteiger partial charge in [-0.2, -0.15) is 0 Å². The largest absolute Gasteiger partial charge is 0.377 e. The van der Waals surface area contributed by atoms with Gasteiger partial charge in [-0.1, -0.05) is 13.8 Å². The molecular formula is C10H21NO. The Kier molecular flexibility index (Phi) is 3.53. The smallest absolute Gasteiger partial charge is 0.0830 e. The molecule has 0 radical (unpaired) electrons. The van der Waals surface area contributed by atoms with Crippen LogP contribution in [0.15, 0.2) is 0 Å². The van der Waals surface area contributed by atoms with Crippen LogP contribution in [0.1, 0.15) is 39.5 Å². The Morgan fingerprint density at radius 2 is 2.08 bits per heavy atom. The average Bonchev–Trinajstić information content (AvgIpc) is 2.02. The van der Waals surface area contributed by atoms with Crippen LogP contribution in [0, 0.1) is 0 Å². The molecule has 1 fully saturated rings. The van der Waals surface area contributed by atoms with E-state index in [1.165, 1.54) is 25.7 Å². The third-order valence-electron chi connectivity index (χ3n) is 3.10. The van der Waals surface area contributed by atoms with Crippen molar-refractivity contribution in [2.45, 2.75) is 51.2 Å². The molecule has 0 heterocycles. The highest BCUT2D eigenvalue weighted by atomic mass is 16.5. The molecule has 1 aliphatic carbocycles. The Bertz CT molecular complexity index is 126. The molecular weight excluding hydrogens is 150 g/mol. The second kappa shape index (κ2) is 4.24. The van der Waals surface area contributed by atoms with Crippen LogP contribution < -0.4 is 5.32 Å². The van der Waals surface area contributed by atoms with Crippen LogP contribution in [0.3, 0.4) is 0 Å². The average molecular weight is 171 g/mol. The van der Waals surface area contributed by atoms with Crippen molar-refractivity contribution in [1.82, 2.24) is 5.32 Å². The Balaban J connectivity index is 2.49. The zero-order chi connectivity index (χ0) is 9.03. The zero-order valence-electron chi connectivity index (χ0n) is 8.52. The molecule has 1 unspecified atom stereocenters. The predicted octanol–water partition coefficient (Wildman–Crippen LogP) is 1.94. The number of hydrogen-bond acceptors (Lipinski definition) is 2. The van der Waals surface area contributed by atoms with Crippen molar-refractivity contribution >= 4 is 0 Å². The molecule has 0 aromatic heterocycles. The van der Waals surface area contributed by atoms with Gasteiger partial charge in [0.15, 0.2) is 0 Å². The lowest BCUT2D eigenvalue weighted by Gasteiger charge is -2.46. The highest BCUT2D eigenvalue weighted by Gasteiger charge is 2.42. The number of nitrogens with one attached hydrogen (secondary N) is 1. The summed E-state index contributed by atoms with van der Waals surface area (Å²) < 4.78 is 5.62. The molecule has 1 N–H and O–H groups in total. The van der Waals surface area contributed by atoms with Crippen LogP contribution in [0.4, 0.5) is 0 Å². The van der Waals surface area contributed by atoms with Gasteiger partial charge in [-0.15, -0.1) is 0 Å². The molecule has 12 heavy (non-hydrogen) atoms. The minimum Gasteiger partial charge on any atom is -0.377 e. The molecule has 0 aromatic rings. The third kappa shape index (κ3) is 1.64. The standard InChI is InChI=1S/C10H21NO/c1-4-9(11-5-2)10(12-3)7-6-8-10/h9,11H,4-8H2,1-3H3. The topological polar surface area (TPSA) is 21.3 Å². The van der Waals surface area contributed by atoms with Gasteiger partial charge >= 0.3 is 0 Å². The second-order valence-corrected chi connectivity index (χ2v) is 3.64. The first-order valence-electron chi connectivity index (χ1n) is 5.07. The predicted molar refractivity (Wildman–Crippen MR) is 51.3 cm³/mol. The highest BCUT2D eigenvalue weighted by molar-refractivity contribution is 4.98. The van der Waals surface area contributed by atoms with Crippen LogP contribution in [0.2, 0.25) is 0 Å². The molecule has 0 aromatic carbocycles. The van der Waals surface area contributed by atoms with Gasteiger partial charge in [0.1, 0.15) is 0 Å². The van der Waals surface area contributed by atoms with Gasteiger partial charge in [0.05, 0.1) is 5.60 Å². The number of methoxy groups -OCH3 is 1. The van der Waals surface area contributed by atoms with E-state index < -0.39 is 0 Å². The van der Waals surface area contributed by atoms with Crippen molar-refractivity contribution < 1.29 is 4.74 Å². The number of rotatable bonds is 5. The third-order valence-corrected chi connectivity index (χ3v) is 3.10. The zero-order valence-corrected chi connectivity index (χ0v) is 8.52. The van der Waals surface area contributed by atoms with Crippen LogP contribution in [-0.4, -0.2) is 25.3 Å². The summed E-state index contributed by atoms with van der Waals surface area (Å²) in [4.78, 5) is 0. The van der Waals surface area contributed by atoms with Crippen molar-refractivity contribution in [3.05, 3.63) is 0 Å². The van der Waals surface area contributed by atoms with E-state index in [-0.39, 0.29) is 5.60 Å². The molecule has 72 valence electrons. The van der Waals surface area contributed by atoms with Crippen LogP contribution in [0.5, 0.6) is 0 Å². The van der Waals surface area contributed by atoms with E-state index in [0.717, 1.165) is 6.54 Å². The fraction of sp³-hybridized carbons (Fsp3) is 1.00. The maximum Gasteiger partial charge on any atom is 0.0830 e. The summed E-state index contributed by atoms with van der Waals surface area (Å²) in [7, 11) is 1.85. The molecule has 0 bridgehead atoms. The summed E-state index contributed by atoms with van der Waals surface area (Å²) in [6.07, 6.45) is 4.96. The highest BCUT2D eigenvalue weighted by Crippen LogP contribution is 2.38. The van der Waals surface area contributed by atoms with Crippen molar-refractivity contribution in [2.24, 2.45) is 0 Å². The SMILES string of the molecule is CCNC(CC)C1(OC)CCC1. The van der Waals surface area contributed by atoms with E-state index >= 15 is 0 Å². The quantitative estimate of drug-likeness (QED) is 0.682. The molecule has 0 spiro atoms. The van der Waals surface area contributed by atoms with E-state index in [0.29, 0.717) is 6.04 Å². The molecule has 2 heteroatoms. The lowest BCUT2D eigenvalue weighted by molar-refractivity contribution is -0.0986. The molecule has 1 saturated carbocycles. The van der Waals surface area contributed by atoms with E-state index in [4.69, 9.17) is 4.74 Å². The van der Waals surface area contributed by atoms with Gasteiger partial charge in [0.2, 0.25) is 0 Å². The summed E-state index contributed by atoms with van der Waals surface area (Å²) in [5.74, 6) is 0. The lowest BCUT2D eigenvalue weighted by Crippen LogP contribution is -2.56. The maximum atomic E-state index is 5.62. The molecule has 2 nitrogen and oxygen atoms in total. The Hall–Kier alpha value is -0.0800.